The molecule has 7 heteroatoms. The molecule has 126 valence electrons. The Hall–Kier alpha value is -3.24. The predicted molar refractivity (Wildman–Crippen MR) is 90.1 cm³/mol. The average Bonchev–Trinajstić information content (AvgIpc) is 2.68. The first-order valence-corrected chi connectivity index (χ1v) is 7.82. The summed E-state index contributed by atoms with van der Waals surface area (Å²) < 4.78 is 5.23. The van der Waals surface area contributed by atoms with E-state index in [-0.39, 0.29) is 11.6 Å². The smallest absolute Gasteiger partial charge is 0.272 e. The molecule has 0 unspecified atom stereocenters. The molecule has 1 aromatic heterocycles. The van der Waals surface area contributed by atoms with E-state index in [2.05, 4.69) is 10.3 Å². The summed E-state index contributed by atoms with van der Waals surface area (Å²) in [6, 6.07) is 11.7. The summed E-state index contributed by atoms with van der Waals surface area (Å²) in [5.74, 6) is -0.628. The van der Waals surface area contributed by atoms with Gasteiger partial charge in [0.2, 0.25) is 0 Å². The van der Waals surface area contributed by atoms with E-state index in [9.17, 15) is 9.59 Å². The van der Waals surface area contributed by atoms with Crippen molar-refractivity contribution in [3.8, 4) is 6.07 Å². The summed E-state index contributed by atoms with van der Waals surface area (Å²) in [6.45, 7) is 2.01. The SMILES string of the molecule is N#Cc1ccccc1NC(=O)c1ccnc(C(=O)N2CCOCC2)c1. The van der Waals surface area contributed by atoms with Crippen molar-refractivity contribution >= 4 is 17.5 Å². The van der Waals surface area contributed by atoms with Crippen molar-refractivity contribution < 1.29 is 14.3 Å². The summed E-state index contributed by atoms with van der Waals surface area (Å²) in [4.78, 5) is 30.6. The van der Waals surface area contributed by atoms with Gasteiger partial charge in [-0.3, -0.25) is 14.6 Å². The third-order valence-corrected chi connectivity index (χ3v) is 3.84. The second-order valence-corrected chi connectivity index (χ2v) is 5.45. The molecule has 1 aromatic carbocycles. The topological polar surface area (TPSA) is 95.3 Å². The summed E-state index contributed by atoms with van der Waals surface area (Å²) in [5.41, 5.74) is 1.31. The third kappa shape index (κ3) is 3.82. The highest BCUT2D eigenvalue weighted by atomic mass is 16.5. The second-order valence-electron chi connectivity index (χ2n) is 5.45. The van der Waals surface area contributed by atoms with Crippen LogP contribution in [0.15, 0.2) is 42.6 Å². The molecule has 1 fully saturated rings. The number of para-hydroxylation sites is 1. The molecular formula is C18H16N4O3. The minimum Gasteiger partial charge on any atom is -0.378 e. The number of carbonyl (C=O) groups is 2. The minimum absolute atomic E-state index is 0.211. The van der Waals surface area contributed by atoms with Gasteiger partial charge in [-0.1, -0.05) is 12.1 Å². The first-order valence-electron chi connectivity index (χ1n) is 7.82. The van der Waals surface area contributed by atoms with E-state index < -0.39 is 5.91 Å². The number of amides is 2. The fourth-order valence-electron chi connectivity index (χ4n) is 2.50. The van der Waals surface area contributed by atoms with Gasteiger partial charge in [0, 0.05) is 24.8 Å². The van der Waals surface area contributed by atoms with Crippen LogP contribution in [-0.4, -0.2) is 48.0 Å². The molecule has 2 aromatic rings. The number of anilines is 1. The molecule has 7 nitrogen and oxygen atoms in total. The Morgan fingerprint density at radius 1 is 1.20 bits per heavy atom. The Labute approximate surface area is 144 Å². The van der Waals surface area contributed by atoms with Crippen LogP contribution in [0.5, 0.6) is 0 Å². The maximum atomic E-state index is 12.5. The van der Waals surface area contributed by atoms with Crippen LogP contribution >= 0.6 is 0 Å². The minimum atomic E-state index is -0.402. The fraction of sp³-hybridized carbons (Fsp3) is 0.222. The Morgan fingerprint density at radius 3 is 2.72 bits per heavy atom. The van der Waals surface area contributed by atoms with Crippen molar-refractivity contribution in [1.82, 2.24) is 9.88 Å². The zero-order valence-corrected chi connectivity index (χ0v) is 13.4. The van der Waals surface area contributed by atoms with Crippen LogP contribution in [0.2, 0.25) is 0 Å². The largest absolute Gasteiger partial charge is 0.378 e. The average molecular weight is 336 g/mol. The van der Waals surface area contributed by atoms with Crippen LogP contribution in [0.1, 0.15) is 26.4 Å². The first kappa shape index (κ1) is 16.6. The van der Waals surface area contributed by atoms with E-state index in [1.807, 2.05) is 6.07 Å². The van der Waals surface area contributed by atoms with E-state index in [0.717, 1.165) is 0 Å². The van der Waals surface area contributed by atoms with E-state index >= 15 is 0 Å². The monoisotopic (exact) mass is 336 g/mol. The quantitative estimate of drug-likeness (QED) is 0.920. The standard InChI is InChI=1S/C18H16N4O3/c19-12-14-3-1-2-4-15(14)21-17(23)13-5-6-20-16(11-13)18(24)22-7-9-25-10-8-22/h1-6,11H,7-10H2,(H,21,23). The second kappa shape index (κ2) is 7.55. The van der Waals surface area contributed by atoms with Gasteiger partial charge in [0.05, 0.1) is 24.5 Å². The molecule has 0 bridgehead atoms. The van der Waals surface area contributed by atoms with Crippen LogP contribution in [0, 0.1) is 11.3 Å². The van der Waals surface area contributed by atoms with Gasteiger partial charge in [0.15, 0.2) is 0 Å². The number of nitriles is 1. The van der Waals surface area contributed by atoms with Gasteiger partial charge in [0.25, 0.3) is 11.8 Å². The van der Waals surface area contributed by atoms with E-state index in [1.54, 1.807) is 29.2 Å². The van der Waals surface area contributed by atoms with E-state index in [4.69, 9.17) is 10.00 Å². The molecule has 1 aliphatic heterocycles. The highest BCUT2D eigenvalue weighted by Crippen LogP contribution is 2.15. The van der Waals surface area contributed by atoms with Gasteiger partial charge >= 0.3 is 0 Å². The molecule has 2 amide bonds. The van der Waals surface area contributed by atoms with Crippen molar-refractivity contribution in [1.29, 1.82) is 5.26 Å². The Kier molecular flexibility index (Phi) is 5.02. The highest BCUT2D eigenvalue weighted by molar-refractivity contribution is 6.06. The lowest BCUT2D eigenvalue weighted by Crippen LogP contribution is -2.41. The number of aromatic nitrogens is 1. The molecule has 1 N–H and O–H groups in total. The number of carbonyl (C=O) groups excluding carboxylic acids is 2. The number of pyridine rings is 1. The molecule has 1 aliphatic rings. The number of morpholine rings is 1. The lowest BCUT2D eigenvalue weighted by molar-refractivity contribution is 0.0299. The van der Waals surface area contributed by atoms with Gasteiger partial charge in [-0.25, -0.2) is 0 Å². The number of hydrogen-bond donors (Lipinski definition) is 1. The van der Waals surface area contributed by atoms with Crippen LogP contribution in [0.3, 0.4) is 0 Å². The zero-order valence-electron chi connectivity index (χ0n) is 13.4. The van der Waals surface area contributed by atoms with Crippen LogP contribution in [-0.2, 0) is 4.74 Å². The summed E-state index contributed by atoms with van der Waals surface area (Å²) in [5, 5.41) is 11.8. The maximum absolute atomic E-state index is 12.5. The van der Waals surface area contributed by atoms with Crippen LogP contribution in [0.4, 0.5) is 5.69 Å². The lowest BCUT2D eigenvalue weighted by Gasteiger charge is -2.26. The molecule has 0 atom stereocenters. The number of ether oxygens (including phenoxy) is 1. The van der Waals surface area contributed by atoms with Crippen molar-refractivity contribution in [2.24, 2.45) is 0 Å². The highest BCUT2D eigenvalue weighted by Gasteiger charge is 2.20. The van der Waals surface area contributed by atoms with Gasteiger partial charge < -0.3 is 15.0 Å². The van der Waals surface area contributed by atoms with Crippen LogP contribution < -0.4 is 5.32 Å². The molecule has 0 aliphatic carbocycles. The molecule has 25 heavy (non-hydrogen) atoms. The van der Waals surface area contributed by atoms with Gasteiger partial charge in [-0.2, -0.15) is 5.26 Å². The van der Waals surface area contributed by atoms with Gasteiger partial charge in [0.1, 0.15) is 11.8 Å². The fourth-order valence-corrected chi connectivity index (χ4v) is 2.50. The number of benzene rings is 1. The zero-order chi connectivity index (χ0) is 17.6. The Morgan fingerprint density at radius 2 is 1.96 bits per heavy atom. The van der Waals surface area contributed by atoms with Crippen molar-refractivity contribution in [2.45, 2.75) is 0 Å². The van der Waals surface area contributed by atoms with Crippen molar-refractivity contribution in [2.75, 3.05) is 31.6 Å². The molecule has 2 heterocycles. The number of rotatable bonds is 3. The van der Waals surface area contributed by atoms with Gasteiger partial charge in [-0.15, -0.1) is 0 Å². The molecule has 0 saturated carbocycles. The molecule has 0 spiro atoms. The Balaban J connectivity index is 1.77. The predicted octanol–water partition coefficient (Wildman–Crippen LogP) is 1.68. The summed E-state index contributed by atoms with van der Waals surface area (Å²) in [7, 11) is 0. The lowest BCUT2D eigenvalue weighted by atomic mass is 10.1. The van der Waals surface area contributed by atoms with Crippen molar-refractivity contribution in [3.63, 3.8) is 0 Å². The van der Waals surface area contributed by atoms with E-state index in [0.29, 0.717) is 43.1 Å². The third-order valence-electron chi connectivity index (χ3n) is 3.84. The first-order chi connectivity index (χ1) is 12.2. The number of hydrogen-bond acceptors (Lipinski definition) is 5. The van der Waals surface area contributed by atoms with Gasteiger partial charge in [-0.05, 0) is 24.3 Å². The molecular weight excluding hydrogens is 320 g/mol. The maximum Gasteiger partial charge on any atom is 0.272 e. The van der Waals surface area contributed by atoms with Crippen molar-refractivity contribution in [3.05, 3.63) is 59.4 Å². The summed E-state index contributed by atoms with van der Waals surface area (Å²) >= 11 is 0. The molecule has 0 radical (unpaired) electrons. The molecule has 1 saturated heterocycles. The van der Waals surface area contributed by atoms with Crippen LogP contribution in [0.25, 0.3) is 0 Å². The normalized spacial score (nSPS) is 13.8. The number of nitrogens with zero attached hydrogens (tertiary/aromatic N) is 3. The molecule has 3 rings (SSSR count). The number of nitrogens with one attached hydrogen (secondary N) is 1. The van der Waals surface area contributed by atoms with E-state index in [1.165, 1.54) is 18.3 Å². The summed E-state index contributed by atoms with van der Waals surface area (Å²) in [6.07, 6.45) is 1.43. The Bertz CT molecular complexity index is 838.